The summed E-state index contributed by atoms with van der Waals surface area (Å²) in [7, 11) is -3.93. The van der Waals surface area contributed by atoms with Crippen LogP contribution < -0.4 is 10.0 Å². The third-order valence-electron chi connectivity index (χ3n) is 3.47. The van der Waals surface area contributed by atoms with Crippen molar-refractivity contribution in [3.05, 3.63) is 30.1 Å². The Labute approximate surface area is 128 Å². The van der Waals surface area contributed by atoms with Crippen molar-refractivity contribution >= 4 is 15.9 Å². The van der Waals surface area contributed by atoms with Crippen molar-refractivity contribution in [3.63, 3.8) is 0 Å². The van der Waals surface area contributed by atoms with Crippen LogP contribution in [0.2, 0.25) is 0 Å². The van der Waals surface area contributed by atoms with E-state index in [0.717, 1.165) is 37.1 Å². The topological polar surface area (TPSA) is 95.5 Å². The second-order valence-corrected chi connectivity index (χ2v) is 7.21. The summed E-state index contributed by atoms with van der Waals surface area (Å²) in [6.45, 7) is 1.88. The van der Waals surface area contributed by atoms with Gasteiger partial charge in [-0.25, -0.2) is 17.5 Å². The van der Waals surface area contributed by atoms with Crippen molar-refractivity contribution in [2.75, 3.05) is 6.54 Å². The summed E-state index contributed by atoms with van der Waals surface area (Å²) in [5.74, 6) is -0.699. The Kier molecular flexibility index (Phi) is 5.15. The Morgan fingerprint density at radius 3 is 2.50 bits per heavy atom. The number of carbonyl (C=O) groups is 1. The number of aliphatic hydroxyl groups excluding tert-OH is 1. The first-order chi connectivity index (χ1) is 10.3. The second kappa shape index (κ2) is 6.72. The molecule has 22 heavy (non-hydrogen) atoms. The fourth-order valence-electron chi connectivity index (χ4n) is 1.89. The van der Waals surface area contributed by atoms with Crippen LogP contribution in [0.3, 0.4) is 0 Å². The van der Waals surface area contributed by atoms with E-state index in [2.05, 4.69) is 10.0 Å². The predicted molar refractivity (Wildman–Crippen MR) is 77.9 cm³/mol. The van der Waals surface area contributed by atoms with Crippen molar-refractivity contribution in [1.29, 1.82) is 0 Å². The lowest BCUT2D eigenvalue weighted by Crippen LogP contribution is -2.49. The minimum Gasteiger partial charge on any atom is -0.382 e. The van der Waals surface area contributed by atoms with Crippen LogP contribution in [0.4, 0.5) is 4.39 Å². The van der Waals surface area contributed by atoms with E-state index >= 15 is 0 Å². The molecule has 1 saturated carbocycles. The maximum absolute atomic E-state index is 12.8. The first kappa shape index (κ1) is 16.9. The molecule has 1 aliphatic rings. The van der Waals surface area contributed by atoms with Crippen molar-refractivity contribution < 1.29 is 22.7 Å². The Bertz CT molecular complexity index is 629. The van der Waals surface area contributed by atoms with Crippen LogP contribution in [0, 0.1) is 11.7 Å². The number of aliphatic hydroxyl groups is 1. The molecule has 2 unspecified atom stereocenters. The third-order valence-corrected chi connectivity index (χ3v) is 5.04. The molecule has 0 radical (unpaired) electrons. The van der Waals surface area contributed by atoms with Gasteiger partial charge in [-0.2, -0.15) is 0 Å². The maximum Gasteiger partial charge on any atom is 0.250 e. The summed E-state index contributed by atoms with van der Waals surface area (Å²) in [5, 5.41) is 12.5. The monoisotopic (exact) mass is 330 g/mol. The Morgan fingerprint density at radius 2 is 1.95 bits per heavy atom. The molecular weight excluding hydrogens is 311 g/mol. The molecule has 1 aliphatic carbocycles. The first-order valence-corrected chi connectivity index (χ1v) is 8.51. The standard InChI is InChI=1S/C14H19FN2O4S/c1-9(13(18)14(19)16-8-10-2-3-10)17-22(20,21)12-6-4-11(15)5-7-12/h4-7,9-10,13,17-18H,2-3,8H2,1H3,(H,16,19). The zero-order valence-electron chi connectivity index (χ0n) is 12.1. The zero-order valence-corrected chi connectivity index (χ0v) is 12.9. The molecule has 0 spiro atoms. The smallest absolute Gasteiger partial charge is 0.250 e. The van der Waals surface area contributed by atoms with E-state index in [9.17, 15) is 22.7 Å². The molecule has 2 atom stereocenters. The molecule has 0 heterocycles. The second-order valence-electron chi connectivity index (χ2n) is 5.50. The summed E-state index contributed by atoms with van der Waals surface area (Å²) >= 11 is 0. The molecule has 0 saturated heterocycles. The first-order valence-electron chi connectivity index (χ1n) is 7.03. The maximum atomic E-state index is 12.8. The van der Waals surface area contributed by atoms with Crippen LogP contribution in [0.1, 0.15) is 19.8 Å². The molecule has 1 fully saturated rings. The fourth-order valence-corrected chi connectivity index (χ4v) is 3.14. The van der Waals surface area contributed by atoms with E-state index < -0.39 is 33.9 Å². The van der Waals surface area contributed by atoms with Crippen LogP contribution in [0.5, 0.6) is 0 Å². The third kappa shape index (κ3) is 4.49. The van der Waals surface area contributed by atoms with Crippen molar-refractivity contribution in [2.24, 2.45) is 5.92 Å². The van der Waals surface area contributed by atoms with Gasteiger partial charge in [-0.1, -0.05) is 0 Å². The van der Waals surface area contributed by atoms with Crippen molar-refractivity contribution in [2.45, 2.75) is 36.8 Å². The van der Waals surface area contributed by atoms with Gasteiger partial charge >= 0.3 is 0 Å². The van der Waals surface area contributed by atoms with Crippen molar-refractivity contribution in [1.82, 2.24) is 10.0 Å². The van der Waals surface area contributed by atoms with Gasteiger partial charge in [0.1, 0.15) is 11.9 Å². The van der Waals surface area contributed by atoms with Crippen LogP contribution in [-0.4, -0.2) is 38.1 Å². The molecule has 8 heteroatoms. The fraction of sp³-hybridized carbons (Fsp3) is 0.500. The average Bonchev–Trinajstić information content (AvgIpc) is 3.28. The number of rotatable bonds is 7. The van der Waals surface area contributed by atoms with Crippen molar-refractivity contribution in [3.8, 4) is 0 Å². The Balaban J connectivity index is 1.95. The van der Waals surface area contributed by atoms with Crippen LogP contribution >= 0.6 is 0 Å². The summed E-state index contributed by atoms with van der Waals surface area (Å²) in [6, 6.07) is 3.28. The molecule has 1 aromatic rings. The van der Waals surface area contributed by atoms with Crippen LogP contribution in [0.15, 0.2) is 29.2 Å². The highest BCUT2D eigenvalue weighted by Gasteiger charge is 2.29. The molecule has 1 aromatic carbocycles. The number of carbonyl (C=O) groups excluding carboxylic acids is 1. The van der Waals surface area contributed by atoms with Gasteiger partial charge in [-0.15, -0.1) is 0 Å². The lowest BCUT2D eigenvalue weighted by Gasteiger charge is -2.19. The van der Waals surface area contributed by atoms with Gasteiger partial charge in [0.15, 0.2) is 0 Å². The normalized spacial score (nSPS) is 17.8. The van der Waals surface area contributed by atoms with Gasteiger partial charge in [0.25, 0.3) is 5.91 Å². The SMILES string of the molecule is CC(NS(=O)(=O)c1ccc(F)cc1)C(O)C(=O)NCC1CC1. The highest BCUT2D eigenvalue weighted by atomic mass is 32.2. The number of sulfonamides is 1. The average molecular weight is 330 g/mol. The summed E-state index contributed by atoms with van der Waals surface area (Å²) in [4.78, 5) is 11.6. The van der Waals surface area contributed by atoms with Crippen LogP contribution in [0.25, 0.3) is 0 Å². The largest absolute Gasteiger partial charge is 0.382 e. The number of halogens is 1. The number of nitrogens with one attached hydrogen (secondary N) is 2. The highest BCUT2D eigenvalue weighted by molar-refractivity contribution is 7.89. The van der Waals surface area contributed by atoms with Gasteiger partial charge < -0.3 is 10.4 Å². The minimum atomic E-state index is -3.93. The van der Waals surface area contributed by atoms with Gasteiger partial charge in [0.05, 0.1) is 10.9 Å². The number of hydrogen-bond donors (Lipinski definition) is 3. The summed E-state index contributed by atoms with van der Waals surface area (Å²) in [6.07, 6.45) is 0.626. The molecule has 6 nitrogen and oxygen atoms in total. The van der Waals surface area contributed by atoms with E-state index in [4.69, 9.17) is 0 Å². The van der Waals surface area contributed by atoms with E-state index in [1.165, 1.54) is 6.92 Å². The predicted octanol–water partition coefficient (Wildman–Crippen LogP) is 0.380. The molecule has 3 N–H and O–H groups in total. The van der Waals surface area contributed by atoms with Gasteiger partial charge in [-0.05, 0) is 49.9 Å². The number of benzene rings is 1. The van der Waals surface area contributed by atoms with Crippen LogP contribution in [-0.2, 0) is 14.8 Å². The Morgan fingerprint density at radius 1 is 1.36 bits per heavy atom. The molecule has 0 bridgehead atoms. The summed E-state index contributed by atoms with van der Waals surface area (Å²) < 4.78 is 39.2. The van der Waals surface area contributed by atoms with Gasteiger partial charge in [0, 0.05) is 6.54 Å². The lowest BCUT2D eigenvalue weighted by atomic mass is 10.2. The van der Waals surface area contributed by atoms with E-state index in [-0.39, 0.29) is 4.90 Å². The van der Waals surface area contributed by atoms with E-state index in [1.807, 2.05) is 0 Å². The summed E-state index contributed by atoms with van der Waals surface area (Å²) in [5.41, 5.74) is 0. The molecule has 122 valence electrons. The van der Waals surface area contributed by atoms with Gasteiger partial charge in [-0.3, -0.25) is 4.79 Å². The molecule has 0 aromatic heterocycles. The molecule has 2 rings (SSSR count). The van der Waals surface area contributed by atoms with E-state index in [0.29, 0.717) is 12.5 Å². The highest BCUT2D eigenvalue weighted by Crippen LogP contribution is 2.27. The number of hydrogen-bond acceptors (Lipinski definition) is 4. The number of amides is 1. The molecular formula is C14H19FN2O4S. The lowest BCUT2D eigenvalue weighted by molar-refractivity contribution is -0.130. The quantitative estimate of drug-likeness (QED) is 0.673. The molecule has 1 amide bonds. The molecule has 0 aliphatic heterocycles. The van der Waals surface area contributed by atoms with Gasteiger partial charge in [0.2, 0.25) is 10.0 Å². The minimum absolute atomic E-state index is 0.133. The van der Waals surface area contributed by atoms with E-state index in [1.54, 1.807) is 0 Å². The zero-order chi connectivity index (χ0) is 16.3. The Hall–Kier alpha value is -1.51.